The first-order chi connectivity index (χ1) is 13.0. The van der Waals surface area contributed by atoms with Crippen LogP contribution in [0.5, 0.6) is 0 Å². The van der Waals surface area contributed by atoms with E-state index >= 15 is 0 Å². The quantitative estimate of drug-likeness (QED) is 0.783. The minimum atomic E-state index is -3.45. The third kappa shape index (κ3) is 2.93. The fourth-order valence-corrected chi connectivity index (χ4v) is 6.02. The van der Waals surface area contributed by atoms with E-state index in [4.69, 9.17) is 0 Å². The van der Waals surface area contributed by atoms with Gasteiger partial charge in [-0.1, -0.05) is 6.42 Å². The van der Waals surface area contributed by atoms with Gasteiger partial charge in [0.25, 0.3) is 0 Å². The van der Waals surface area contributed by atoms with Crippen LogP contribution >= 0.6 is 0 Å². The molecule has 2 aromatic heterocycles. The molecule has 144 valence electrons. The van der Waals surface area contributed by atoms with Crippen LogP contribution in [0.2, 0.25) is 0 Å². The standard InChI is InChI=1S/C18H24N6O2S/c1-22-11-16(6-21-22)27(25,26)24-9-14-7-23(8-15(14)10-24)18-5-17(19-12-20-18)13-3-2-4-13/h5-6,11-15H,2-4,7-10H2,1H3. The molecule has 1 saturated carbocycles. The van der Waals surface area contributed by atoms with Crippen molar-refractivity contribution in [1.82, 2.24) is 24.1 Å². The van der Waals surface area contributed by atoms with Crippen molar-refractivity contribution in [1.29, 1.82) is 0 Å². The first-order valence-corrected chi connectivity index (χ1v) is 11.0. The number of sulfonamides is 1. The molecule has 4 heterocycles. The maximum atomic E-state index is 12.8. The molecule has 2 saturated heterocycles. The van der Waals surface area contributed by atoms with Crippen molar-refractivity contribution >= 4 is 15.8 Å². The molecule has 2 atom stereocenters. The smallest absolute Gasteiger partial charge is 0.246 e. The number of anilines is 1. The number of hydrogen-bond donors (Lipinski definition) is 0. The average Bonchev–Trinajstić information content (AvgIpc) is 3.27. The van der Waals surface area contributed by atoms with E-state index in [1.165, 1.54) is 30.1 Å². The Morgan fingerprint density at radius 3 is 2.41 bits per heavy atom. The molecule has 1 aliphatic carbocycles. The Balaban J connectivity index is 1.28. The monoisotopic (exact) mass is 388 g/mol. The van der Waals surface area contributed by atoms with Crippen LogP contribution in [0.4, 0.5) is 5.82 Å². The van der Waals surface area contributed by atoms with Crippen LogP contribution in [0, 0.1) is 11.8 Å². The van der Waals surface area contributed by atoms with Crippen LogP contribution in [0.25, 0.3) is 0 Å². The predicted octanol–water partition coefficient (Wildman–Crippen LogP) is 1.23. The molecule has 9 heteroatoms. The second-order valence-corrected chi connectivity index (χ2v) is 9.96. The summed E-state index contributed by atoms with van der Waals surface area (Å²) in [4.78, 5) is 11.5. The molecular formula is C18H24N6O2S. The Morgan fingerprint density at radius 1 is 1.07 bits per heavy atom. The van der Waals surface area contributed by atoms with Crippen LogP contribution in [0.15, 0.2) is 29.7 Å². The van der Waals surface area contributed by atoms with Gasteiger partial charge in [0.2, 0.25) is 10.0 Å². The van der Waals surface area contributed by atoms with Crippen molar-refractivity contribution < 1.29 is 8.42 Å². The molecule has 0 aromatic carbocycles. The van der Waals surface area contributed by atoms with Crippen molar-refractivity contribution in [2.45, 2.75) is 30.1 Å². The molecule has 2 aromatic rings. The molecule has 0 bridgehead atoms. The summed E-state index contributed by atoms with van der Waals surface area (Å²) in [6, 6.07) is 2.13. The summed E-state index contributed by atoms with van der Waals surface area (Å²) in [5.74, 6) is 2.27. The summed E-state index contributed by atoms with van der Waals surface area (Å²) in [6.07, 6.45) is 8.41. The number of rotatable bonds is 4. The summed E-state index contributed by atoms with van der Waals surface area (Å²) in [5, 5.41) is 4.00. The van der Waals surface area contributed by atoms with Gasteiger partial charge in [-0.15, -0.1) is 0 Å². The van der Waals surface area contributed by atoms with Gasteiger partial charge in [-0.2, -0.15) is 9.40 Å². The Kier molecular flexibility index (Phi) is 3.98. The number of aromatic nitrogens is 4. The van der Waals surface area contributed by atoms with E-state index in [2.05, 4.69) is 26.0 Å². The molecule has 2 aliphatic heterocycles. The molecule has 3 fully saturated rings. The van der Waals surface area contributed by atoms with Gasteiger partial charge in [-0.25, -0.2) is 18.4 Å². The highest BCUT2D eigenvalue weighted by Crippen LogP contribution is 2.38. The number of nitrogens with zero attached hydrogens (tertiary/aromatic N) is 6. The fraction of sp³-hybridized carbons (Fsp3) is 0.611. The Labute approximate surface area is 159 Å². The van der Waals surface area contributed by atoms with Crippen LogP contribution in [0.1, 0.15) is 30.9 Å². The van der Waals surface area contributed by atoms with Crippen molar-refractivity contribution in [3.05, 3.63) is 30.5 Å². The molecule has 0 N–H and O–H groups in total. The lowest BCUT2D eigenvalue weighted by molar-refractivity contribution is 0.410. The molecule has 2 unspecified atom stereocenters. The maximum absolute atomic E-state index is 12.8. The second-order valence-electron chi connectivity index (χ2n) is 8.03. The van der Waals surface area contributed by atoms with Crippen molar-refractivity contribution in [3.63, 3.8) is 0 Å². The second kappa shape index (κ2) is 6.27. The third-order valence-corrected chi connectivity index (χ3v) is 8.08. The van der Waals surface area contributed by atoms with Crippen LogP contribution in [-0.4, -0.2) is 58.7 Å². The first kappa shape index (κ1) is 17.1. The average molecular weight is 388 g/mol. The normalized spacial score (nSPS) is 26.3. The highest BCUT2D eigenvalue weighted by Gasteiger charge is 2.45. The van der Waals surface area contributed by atoms with Gasteiger partial charge in [0, 0.05) is 57.1 Å². The maximum Gasteiger partial charge on any atom is 0.246 e. The highest BCUT2D eigenvalue weighted by molar-refractivity contribution is 7.89. The molecule has 27 heavy (non-hydrogen) atoms. The lowest BCUT2D eigenvalue weighted by atomic mass is 9.83. The minimum Gasteiger partial charge on any atom is -0.356 e. The van der Waals surface area contributed by atoms with E-state index in [-0.39, 0.29) is 4.90 Å². The molecule has 0 spiro atoms. The lowest BCUT2D eigenvalue weighted by Gasteiger charge is -2.26. The number of aryl methyl sites for hydroxylation is 1. The highest BCUT2D eigenvalue weighted by atomic mass is 32.2. The molecule has 0 amide bonds. The third-order valence-electron chi connectivity index (χ3n) is 6.29. The largest absolute Gasteiger partial charge is 0.356 e. The molecular weight excluding hydrogens is 364 g/mol. The van der Waals surface area contributed by atoms with Crippen molar-refractivity contribution in [2.75, 3.05) is 31.1 Å². The Bertz CT molecular complexity index is 940. The topological polar surface area (TPSA) is 84.2 Å². The fourth-order valence-electron chi connectivity index (χ4n) is 4.48. The van der Waals surface area contributed by atoms with Gasteiger partial charge >= 0.3 is 0 Å². The van der Waals surface area contributed by atoms with Crippen LogP contribution in [-0.2, 0) is 17.1 Å². The van der Waals surface area contributed by atoms with E-state index in [9.17, 15) is 8.42 Å². The van der Waals surface area contributed by atoms with E-state index in [0.717, 1.165) is 24.6 Å². The summed E-state index contributed by atoms with van der Waals surface area (Å²) >= 11 is 0. The van der Waals surface area contributed by atoms with Gasteiger partial charge in [-0.3, -0.25) is 4.68 Å². The predicted molar refractivity (Wildman–Crippen MR) is 99.8 cm³/mol. The molecule has 0 radical (unpaired) electrons. The van der Waals surface area contributed by atoms with Gasteiger partial charge in [0.15, 0.2) is 0 Å². The molecule has 8 nitrogen and oxygen atoms in total. The van der Waals surface area contributed by atoms with E-state index < -0.39 is 10.0 Å². The van der Waals surface area contributed by atoms with E-state index in [1.54, 1.807) is 23.9 Å². The van der Waals surface area contributed by atoms with Gasteiger partial charge in [0.05, 0.1) is 6.20 Å². The van der Waals surface area contributed by atoms with Gasteiger partial charge in [-0.05, 0) is 24.7 Å². The molecule has 3 aliphatic rings. The Hall–Kier alpha value is -2.00. The van der Waals surface area contributed by atoms with Gasteiger partial charge in [0.1, 0.15) is 17.0 Å². The summed E-state index contributed by atoms with van der Waals surface area (Å²) in [6.45, 7) is 2.84. The SMILES string of the molecule is Cn1cc(S(=O)(=O)N2CC3CN(c4cc(C5CCC5)ncn4)CC3C2)cn1. The van der Waals surface area contributed by atoms with E-state index in [1.807, 2.05) is 0 Å². The zero-order chi connectivity index (χ0) is 18.6. The van der Waals surface area contributed by atoms with Gasteiger partial charge < -0.3 is 4.90 Å². The Morgan fingerprint density at radius 2 is 1.81 bits per heavy atom. The summed E-state index contributed by atoms with van der Waals surface area (Å²) in [5.41, 5.74) is 1.16. The zero-order valence-electron chi connectivity index (χ0n) is 15.4. The minimum absolute atomic E-state index is 0.280. The van der Waals surface area contributed by atoms with Crippen LogP contribution in [0.3, 0.4) is 0 Å². The molecule has 5 rings (SSSR count). The van der Waals surface area contributed by atoms with Crippen LogP contribution < -0.4 is 4.90 Å². The van der Waals surface area contributed by atoms with Crippen molar-refractivity contribution in [3.8, 4) is 0 Å². The van der Waals surface area contributed by atoms with Crippen molar-refractivity contribution in [2.24, 2.45) is 18.9 Å². The first-order valence-electron chi connectivity index (χ1n) is 9.56. The zero-order valence-corrected chi connectivity index (χ0v) is 16.2. The summed E-state index contributed by atoms with van der Waals surface area (Å²) in [7, 11) is -1.72. The lowest BCUT2D eigenvalue weighted by Crippen LogP contribution is -2.33. The number of fused-ring (bicyclic) bond motifs is 1. The number of hydrogen-bond acceptors (Lipinski definition) is 6. The summed E-state index contributed by atoms with van der Waals surface area (Å²) < 4.78 is 28.8. The van der Waals surface area contributed by atoms with E-state index in [0.29, 0.717) is 30.8 Å².